The molecule has 1 heterocycles. The van der Waals surface area contributed by atoms with E-state index >= 15 is 0 Å². The van der Waals surface area contributed by atoms with Crippen LogP contribution in [0.2, 0.25) is 0 Å². The van der Waals surface area contributed by atoms with Gasteiger partial charge in [0.25, 0.3) is 0 Å². The molecule has 0 spiro atoms. The lowest BCUT2D eigenvalue weighted by Gasteiger charge is -2.08. The molecule has 0 saturated carbocycles. The molecule has 3 aromatic rings. The maximum atomic E-state index is 10.8. The Labute approximate surface area is 138 Å². The molecule has 0 fully saturated rings. The van der Waals surface area contributed by atoms with Gasteiger partial charge in [-0.15, -0.1) is 24.2 Å². The highest BCUT2D eigenvalue weighted by atomic mass is 35.5. The zero-order valence-corrected chi connectivity index (χ0v) is 13.2. The molecule has 0 atom stereocenters. The van der Waals surface area contributed by atoms with Crippen molar-refractivity contribution >= 4 is 41.0 Å². The molecular weight excluding hydrogens is 318 g/mol. The number of para-hydroxylation sites is 1. The Balaban J connectivity index is 0.00000176. The lowest BCUT2D eigenvalue weighted by Crippen LogP contribution is -1.98. The summed E-state index contributed by atoms with van der Waals surface area (Å²) >= 11 is 1.33. The molecule has 0 aliphatic heterocycles. The number of carbonyl (C=O) groups is 1. The number of hydrogen-bond donors (Lipinski definition) is 1. The highest BCUT2D eigenvalue weighted by molar-refractivity contribution is 8.00. The first-order valence-corrected chi connectivity index (χ1v) is 7.52. The first-order valence-electron chi connectivity index (χ1n) is 6.54. The summed E-state index contributed by atoms with van der Waals surface area (Å²) in [6.07, 6.45) is 0. The van der Waals surface area contributed by atoms with Crippen molar-refractivity contribution in [3.63, 3.8) is 0 Å². The van der Waals surface area contributed by atoms with E-state index in [4.69, 9.17) is 5.11 Å². The highest BCUT2D eigenvalue weighted by Crippen LogP contribution is 2.31. The maximum Gasteiger partial charge on any atom is 0.313 e. The molecular formula is C17H14ClNO2S. The van der Waals surface area contributed by atoms with Crippen molar-refractivity contribution in [1.29, 1.82) is 0 Å². The molecule has 2 aromatic carbocycles. The zero-order valence-electron chi connectivity index (χ0n) is 11.6. The second kappa shape index (κ2) is 7.29. The molecule has 1 N–H and O–H groups in total. The van der Waals surface area contributed by atoms with Crippen LogP contribution in [0.5, 0.6) is 0 Å². The van der Waals surface area contributed by atoms with Gasteiger partial charge < -0.3 is 5.11 Å². The average Bonchev–Trinajstić information content (AvgIpc) is 2.53. The molecule has 3 rings (SSSR count). The monoisotopic (exact) mass is 331 g/mol. The Hall–Kier alpha value is -2.04. The van der Waals surface area contributed by atoms with Crippen LogP contribution in [0.4, 0.5) is 0 Å². The number of carboxylic acid groups (broad SMARTS) is 1. The molecule has 22 heavy (non-hydrogen) atoms. The number of fused-ring (bicyclic) bond motifs is 1. The summed E-state index contributed by atoms with van der Waals surface area (Å²) in [7, 11) is 0. The van der Waals surface area contributed by atoms with E-state index in [0.29, 0.717) is 0 Å². The summed E-state index contributed by atoms with van der Waals surface area (Å²) < 4.78 is 0. The van der Waals surface area contributed by atoms with Crippen LogP contribution in [-0.2, 0) is 4.79 Å². The number of rotatable bonds is 4. The van der Waals surface area contributed by atoms with Crippen molar-refractivity contribution in [3.05, 3.63) is 60.7 Å². The molecule has 0 aliphatic carbocycles. The van der Waals surface area contributed by atoms with E-state index in [2.05, 4.69) is 4.98 Å². The van der Waals surface area contributed by atoms with E-state index in [1.807, 2.05) is 60.7 Å². The average molecular weight is 332 g/mol. The standard InChI is InChI=1S/C17H13NO2S.ClH/c19-17(20)11-21-16-10-15(12-6-2-1-3-7-12)18-14-9-5-4-8-13(14)16;/h1-10H,11H2,(H,19,20);1H. The van der Waals surface area contributed by atoms with Gasteiger partial charge in [0.2, 0.25) is 0 Å². The summed E-state index contributed by atoms with van der Waals surface area (Å²) in [5.74, 6) is -0.774. The van der Waals surface area contributed by atoms with E-state index in [1.165, 1.54) is 11.8 Å². The van der Waals surface area contributed by atoms with Crippen molar-refractivity contribution < 1.29 is 9.90 Å². The Bertz CT molecular complexity index is 793. The van der Waals surface area contributed by atoms with Gasteiger partial charge in [-0.1, -0.05) is 48.5 Å². The third kappa shape index (κ3) is 3.59. The number of aliphatic carboxylic acids is 1. The molecule has 0 unspecified atom stereocenters. The number of aromatic nitrogens is 1. The molecule has 5 heteroatoms. The fourth-order valence-corrected chi connectivity index (χ4v) is 2.96. The minimum Gasteiger partial charge on any atom is -0.481 e. The van der Waals surface area contributed by atoms with Crippen LogP contribution in [0, 0.1) is 0 Å². The lowest BCUT2D eigenvalue weighted by molar-refractivity contribution is -0.133. The minimum atomic E-state index is -0.817. The molecule has 0 saturated heterocycles. The summed E-state index contributed by atoms with van der Waals surface area (Å²) in [5, 5.41) is 9.89. The number of pyridine rings is 1. The molecule has 0 aliphatic rings. The molecule has 1 aromatic heterocycles. The van der Waals surface area contributed by atoms with Crippen molar-refractivity contribution in [3.8, 4) is 11.3 Å². The van der Waals surface area contributed by atoms with E-state index in [-0.39, 0.29) is 18.2 Å². The van der Waals surface area contributed by atoms with Crippen molar-refractivity contribution in [2.75, 3.05) is 5.75 Å². The van der Waals surface area contributed by atoms with Crippen LogP contribution in [0.3, 0.4) is 0 Å². The van der Waals surface area contributed by atoms with E-state index < -0.39 is 5.97 Å². The summed E-state index contributed by atoms with van der Waals surface area (Å²) in [5.41, 5.74) is 2.77. The number of benzene rings is 2. The van der Waals surface area contributed by atoms with Crippen LogP contribution in [-0.4, -0.2) is 21.8 Å². The number of halogens is 1. The summed E-state index contributed by atoms with van der Waals surface area (Å²) in [6, 6.07) is 19.7. The largest absolute Gasteiger partial charge is 0.481 e. The van der Waals surface area contributed by atoms with Crippen molar-refractivity contribution in [2.45, 2.75) is 4.90 Å². The van der Waals surface area contributed by atoms with Crippen LogP contribution in [0.25, 0.3) is 22.2 Å². The van der Waals surface area contributed by atoms with Gasteiger partial charge in [-0.05, 0) is 12.1 Å². The van der Waals surface area contributed by atoms with E-state index in [9.17, 15) is 4.79 Å². The van der Waals surface area contributed by atoms with Crippen molar-refractivity contribution in [2.24, 2.45) is 0 Å². The number of thioether (sulfide) groups is 1. The Morgan fingerprint density at radius 3 is 2.45 bits per heavy atom. The van der Waals surface area contributed by atoms with Gasteiger partial charge in [0.05, 0.1) is 17.0 Å². The Morgan fingerprint density at radius 2 is 1.73 bits per heavy atom. The zero-order chi connectivity index (χ0) is 14.7. The maximum absolute atomic E-state index is 10.8. The Kier molecular flexibility index (Phi) is 5.41. The van der Waals surface area contributed by atoms with Gasteiger partial charge in [0, 0.05) is 15.8 Å². The topological polar surface area (TPSA) is 50.2 Å². The number of nitrogens with zero attached hydrogens (tertiary/aromatic N) is 1. The fraction of sp³-hybridized carbons (Fsp3) is 0.0588. The lowest BCUT2D eigenvalue weighted by atomic mass is 10.1. The minimum absolute atomic E-state index is 0. The third-order valence-corrected chi connectivity index (χ3v) is 4.14. The quantitative estimate of drug-likeness (QED) is 0.715. The van der Waals surface area contributed by atoms with Crippen LogP contribution in [0.1, 0.15) is 0 Å². The molecule has 0 amide bonds. The SMILES string of the molecule is Cl.O=C(O)CSc1cc(-c2ccccc2)nc2ccccc12. The number of carboxylic acids is 1. The van der Waals surface area contributed by atoms with Gasteiger partial charge in [-0.3, -0.25) is 4.79 Å². The second-order valence-corrected chi connectivity index (χ2v) is 5.59. The first-order chi connectivity index (χ1) is 10.2. The van der Waals surface area contributed by atoms with Gasteiger partial charge in [0.1, 0.15) is 0 Å². The van der Waals surface area contributed by atoms with Crippen LogP contribution >= 0.6 is 24.2 Å². The second-order valence-electron chi connectivity index (χ2n) is 4.57. The van der Waals surface area contributed by atoms with E-state index in [0.717, 1.165) is 27.1 Å². The highest BCUT2D eigenvalue weighted by Gasteiger charge is 2.09. The molecule has 0 radical (unpaired) electrons. The normalized spacial score (nSPS) is 10.2. The molecule has 3 nitrogen and oxygen atoms in total. The van der Waals surface area contributed by atoms with Crippen LogP contribution < -0.4 is 0 Å². The van der Waals surface area contributed by atoms with Crippen molar-refractivity contribution in [1.82, 2.24) is 4.98 Å². The van der Waals surface area contributed by atoms with Gasteiger partial charge in [-0.25, -0.2) is 4.98 Å². The smallest absolute Gasteiger partial charge is 0.313 e. The van der Waals surface area contributed by atoms with Crippen LogP contribution in [0.15, 0.2) is 65.6 Å². The summed E-state index contributed by atoms with van der Waals surface area (Å²) in [4.78, 5) is 16.4. The van der Waals surface area contributed by atoms with Gasteiger partial charge in [-0.2, -0.15) is 0 Å². The third-order valence-electron chi connectivity index (χ3n) is 3.10. The Morgan fingerprint density at radius 1 is 1.05 bits per heavy atom. The first kappa shape index (κ1) is 16.3. The predicted octanol–water partition coefficient (Wildman–Crippen LogP) is 4.50. The predicted molar refractivity (Wildman–Crippen MR) is 92.8 cm³/mol. The van der Waals surface area contributed by atoms with E-state index in [1.54, 1.807) is 0 Å². The fourth-order valence-electron chi connectivity index (χ4n) is 2.16. The van der Waals surface area contributed by atoms with Gasteiger partial charge >= 0.3 is 5.97 Å². The molecule has 112 valence electrons. The molecule has 0 bridgehead atoms. The van der Waals surface area contributed by atoms with Gasteiger partial charge in [0.15, 0.2) is 0 Å². The summed E-state index contributed by atoms with van der Waals surface area (Å²) in [6.45, 7) is 0. The number of hydrogen-bond acceptors (Lipinski definition) is 3.